The number of hydrogen-bond acceptors (Lipinski definition) is 8. The summed E-state index contributed by atoms with van der Waals surface area (Å²) < 4.78 is 30.7. The number of aromatic nitrogens is 3. The first kappa shape index (κ1) is 23.6. The van der Waals surface area contributed by atoms with E-state index in [9.17, 15) is 13.2 Å². The average molecular weight is 497 g/mol. The lowest BCUT2D eigenvalue weighted by molar-refractivity contribution is -0.132. The van der Waals surface area contributed by atoms with Gasteiger partial charge >= 0.3 is 0 Å². The molecule has 2 fully saturated rings. The van der Waals surface area contributed by atoms with E-state index in [4.69, 9.17) is 9.72 Å². The van der Waals surface area contributed by atoms with Gasteiger partial charge in [0.25, 0.3) is 0 Å². The van der Waals surface area contributed by atoms with Crippen molar-refractivity contribution in [1.29, 1.82) is 0 Å². The minimum absolute atomic E-state index is 0.0556. The highest BCUT2D eigenvalue weighted by Crippen LogP contribution is 2.31. The van der Waals surface area contributed by atoms with Gasteiger partial charge in [0.2, 0.25) is 15.9 Å². The number of carbonyl (C=O) groups is 1. The molecule has 1 amide bonds. The first-order chi connectivity index (χ1) is 16.9. The van der Waals surface area contributed by atoms with Crippen LogP contribution in [-0.4, -0.2) is 78.7 Å². The third kappa shape index (κ3) is 5.42. The number of benzene rings is 1. The smallest absolute Gasteiger partial charge is 0.246 e. The number of nitrogens with one attached hydrogen (secondary N) is 2. The highest BCUT2D eigenvalue weighted by atomic mass is 32.2. The molecular weight excluding hydrogens is 468 g/mol. The van der Waals surface area contributed by atoms with E-state index in [-0.39, 0.29) is 18.6 Å². The number of pyridine rings is 1. The van der Waals surface area contributed by atoms with Crippen LogP contribution in [0.3, 0.4) is 0 Å². The molecule has 0 bridgehead atoms. The van der Waals surface area contributed by atoms with E-state index in [1.165, 1.54) is 11.8 Å². The molecule has 184 valence electrons. The summed E-state index contributed by atoms with van der Waals surface area (Å²) in [5, 5.41) is 6.12. The van der Waals surface area contributed by atoms with Crippen molar-refractivity contribution in [3.05, 3.63) is 48.3 Å². The van der Waals surface area contributed by atoms with Crippen molar-refractivity contribution in [2.24, 2.45) is 0 Å². The Morgan fingerprint density at radius 1 is 1.14 bits per heavy atom. The molecule has 0 aliphatic carbocycles. The number of ether oxygens (including phenoxy) is 1. The SMILES string of the molecule is CS(=O)(=O)N1CCC(c2ccc(-c3cc4nccnc4c(NC[C@H]4CNC(=O)CO4)n3)cc2)CC1. The van der Waals surface area contributed by atoms with Crippen LogP contribution in [0.5, 0.6) is 0 Å². The maximum Gasteiger partial charge on any atom is 0.246 e. The predicted octanol–water partition coefficient (Wildman–Crippen LogP) is 1.76. The van der Waals surface area contributed by atoms with Gasteiger partial charge in [-0.15, -0.1) is 0 Å². The minimum Gasteiger partial charge on any atom is -0.366 e. The van der Waals surface area contributed by atoms with Crippen molar-refractivity contribution in [3.63, 3.8) is 0 Å². The van der Waals surface area contributed by atoms with Crippen LogP contribution in [0.4, 0.5) is 5.82 Å². The quantitative estimate of drug-likeness (QED) is 0.529. The number of morpholine rings is 1. The first-order valence-corrected chi connectivity index (χ1v) is 13.5. The lowest BCUT2D eigenvalue weighted by atomic mass is 9.89. The zero-order valence-electron chi connectivity index (χ0n) is 19.5. The fourth-order valence-corrected chi connectivity index (χ4v) is 5.44. The molecular formula is C24H28N6O4S. The Labute approximate surface area is 204 Å². The van der Waals surface area contributed by atoms with E-state index in [0.29, 0.717) is 43.4 Å². The van der Waals surface area contributed by atoms with Crippen LogP contribution in [-0.2, 0) is 19.6 Å². The molecule has 2 saturated heterocycles. The molecule has 4 heterocycles. The van der Waals surface area contributed by atoms with Gasteiger partial charge in [-0.2, -0.15) is 0 Å². The Kier molecular flexibility index (Phi) is 6.63. The lowest BCUT2D eigenvalue weighted by Crippen LogP contribution is -2.45. The van der Waals surface area contributed by atoms with Gasteiger partial charge in [-0.25, -0.2) is 22.7 Å². The first-order valence-electron chi connectivity index (χ1n) is 11.7. The van der Waals surface area contributed by atoms with Gasteiger partial charge in [-0.1, -0.05) is 24.3 Å². The Balaban J connectivity index is 1.33. The Morgan fingerprint density at radius 2 is 1.89 bits per heavy atom. The van der Waals surface area contributed by atoms with Gasteiger partial charge < -0.3 is 15.4 Å². The molecule has 2 aliphatic heterocycles. The third-order valence-electron chi connectivity index (χ3n) is 6.53. The van der Waals surface area contributed by atoms with Gasteiger partial charge in [0.1, 0.15) is 12.1 Å². The van der Waals surface area contributed by atoms with Gasteiger partial charge in [-0.3, -0.25) is 9.78 Å². The molecule has 11 heteroatoms. The van der Waals surface area contributed by atoms with Crippen LogP contribution in [0, 0.1) is 0 Å². The van der Waals surface area contributed by atoms with E-state index < -0.39 is 10.0 Å². The standard InChI is InChI=1S/C24H28N6O4S/c1-35(32,33)30-10-6-17(7-11-30)16-2-4-18(5-3-16)20-12-21-23(26-9-8-25-21)24(29-20)28-14-19-13-27-22(31)15-34-19/h2-5,8-9,12,17,19H,6-7,10-11,13-15H2,1H3,(H,27,31)(H,28,29)/t19-/m1/s1. The molecule has 3 aromatic rings. The predicted molar refractivity (Wildman–Crippen MR) is 132 cm³/mol. The van der Waals surface area contributed by atoms with Crippen molar-refractivity contribution in [2.45, 2.75) is 24.9 Å². The van der Waals surface area contributed by atoms with Gasteiger partial charge in [0.15, 0.2) is 5.82 Å². The molecule has 10 nitrogen and oxygen atoms in total. The van der Waals surface area contributed by atoms with E-state index in [2.05, 4.69) is 32.7 Å². The fourth-order valence-electron chi connectivity index (χ4n) is 4.56. The van der Waals surface area contributed by atoms with E-state index in [1.807, 2.05) is 18.2 Å². The zero-order valence-corrected chi connectivity index (χ0v) is 20.3. The lowest BCUT2D eigenvalue weighted by Gasteiger charge is -2.30. The normalized spacial score (nSPS) is 20.0. The molecule has 2 aromatic heterocycles. The number of fused-ring (bicyclic) bond motifs is 1. The maximum absolute atomic E-state index is 11.8. The van der Waals surface area contributed by atoms with Crippen LogP contribution in [0.1, 0.15) is 24.3 Å². The zero-order chi connectivity index (χ0) is 24.4. The second kappa shape index (κ2) is 9.84. The van der Waals surface area contributed by atoms with Crippen LogP contribution in [0.2, 0.25) is 0 Å². The number of amides is 1. The monoisotopic (exact) mass is 496 g/mol. The van der Waals surface area contributed by atoms with Gasteiger partial charge in [-0.05, 0) is 30.4 Å². The summed E-state index contributed by atoms with van der Waals surface area (Å²) in [6, 6.07) is 10.2. The Morgan fingerprint density at radius 3 is 2.57 bits per heavy atom. The van der Waals surface area contributed by atoms with Gasteiger partial charge in [0, 0.05) is 44.1 Å². The molecule has 0 radical (unpaired) electrons. The largest absolute Gasteiger partial charge is 0.366 e. The van der Waals surface area contributed by atoms with Crippen molar-refractivity contribution in [2.75, 3.05) is 44.4 Å². The molecule has 1 aromatic carbocycles. The van der Waals surface area contributed by atoms with E-state index in [0.717, 1.165) is 29.6 Å². The van der Waals surface area contributed by atoms with Crippen LogP contribution in [0.25, 0.3) is 22.3 Å². The molecule has 0 spiro atoms. The summed E-state index contributed by atoms with van der Waals surface area (Å²) in [4.78, 5) is 25.1. The topological polar surface area (TPSA) is 126 Å². The molecule has 0 saturated carbocycles. The molecule has 2 N–H and O–H groups in total. The molecule has 1 atom stereocenters. The number of anilines is 1. The van der Waals surface area contributed by atoms with Crippen molar-refractivity contribution in [1.82, 2.24) is 24.6 Å². The number of carbonyl (C=O) groups excluding carboxylic acids is 1. The fraction of sp³-hybridized carbons (Fsp3) is 0.417. The number of piperidine rings is 1. The average Bonchev–Trinajstić information content (AvgIpc) is 2.88. The number of nitrogens with zero attached hydrogens (tertiary/aromatic N) is 4. The third-order valence-corrected chi connectivity index (χ3v) is 7.83. The second-order valence-electron chi connectivity index (χ2n) is 8.96. The molecule has 0 unspecified atom stereocenters. The number of hydrogen-bond donors (Lipinski definition) is 2. The Bertz CT molecular complexity index is 1310. The highest BCUT2D eigenvalue weighted by Gasteiger charge is 2.26. The summed E-state index contributed by atoms with van der Waals surface area (Å²) in [7, 11) is -3.13. The molecule has 5 rings (SSSR count). The van der Waals surface area contributed by atoms with Crippen molar-refractivity contribution < 1.29 is 17.9 Å². The van der Waals surface area contributed by atoms with Crippen molar-refractivity contribution >= 4 is 32.8 Å². The van der Waals surface area contributed by atoms with Crippen LogP contribution >= 0.6 is 0 Å². The summed E-state index contributed by atoms with van der Waals surface area (Å²) in [5.41, 5.74) is 4.34. The summed E-state index contributed by atoms with van der Waals surface area (Å²) in [5.74, 6) is 0.844. The second-order valence-corrected chi connectivity index (χ2v) is 10.9. The van der Waals surface area contributed by atoms with E-state index in [1.54, 1.807) is 16.7 Å². The molecule has 35 heavy (non-hydrogen) atoms. The highest BCUT2D eigenvalue weighted by molar-refractivity contribution is 7.88. The summed E-state index contributed by atoms with van der Waals surface area (Å²) in [6.07, 6.45) is 6.03. The minimum atomic E-state index is -3.13. The number of sulfonamides is 1. The summed E-state index contributed by atoms with van der Waals surface area (Å²) in [6.45, 7) is 2.09. The van der Waals surface area contributed by atoms with Crippen molar-refractivity contribution in [3.8, 4) is 11.3 Å². The van der Waals surface area contributed by atoms with Gasteiger partial charge in [0.05, 0.1) is 23.6 Å². The van der Waals surface area contributed by atoms with Crippen LogP contribution in [0.15, 0.2) is 42.7 Å². The van der Waals surface area contributed by atoms with Crippen LogP contribution < -0.4 is 10.6 Å². The van der Waals surface area contributed by atoms with E-state index >= 15 is 0 Å². The summed E-state index contributed by atoms with van der Waals surface area (Å²) >= 11 is 0. The number of rotatable bonds is 6. The molecule has 2 aliphatic rings. The Hall–Kier alpha value is -3.15. The maximum atomic E-state index is 11.8.